The number of imidazole rings is 1. The summed E-state index contributed by atoms with van der Waals surface area (Å²) in [6, 6.07) is 7.74. The molecule has 2 aromatic rings. The molecule has 0 saturated heterocycles. The molecule has 0 saturated carbocycles. The molecule has 0 fully saturated rings. The molecule has 3 N–H and O–H groups in total. The number of aryl methyl sites for hydroxylation is 1. The highest BCUT2D eigenvalue weighted by Crippen LogP contribution is 2.28. The summed E-state index contributed by atoms with van der Waals surface area (Å²) in [5, 5.41) is 0. The first kappa shape index (κ1) is 11.3. The number of hydrogen-bond acceptors (Lipinski definition) is 4. The average Bonchev–Trinajstić information content (AvgIpc) is 2.67. The maximum absolute atomic E-state index is 5.86. The van der Waals surface area contributed by atoms with Crippen molar-refractivity contribution in [3.63, 3.8) is 0 Å². The van der Waals surface area contributed by atoms with E-state index >= 15 is 0 Å². The summed E-state index contributed by atoms with van der Waals surface area (Å²) in [7, 11) is 3.56. The van der Waals surface area contributed by atoms with E-state index in [1.165, 1.54) is 0 Å². The van der Waals surface area contributed by atoms with Crippen LogP contribution in [0.4, 0.5) is 17.3 Å². The first-order valence-corrected chi connectivity index (χ1v) is 5.31. The van der Waals surface area contributed by atoms with E-state index in [0.717, 1.165) is 23.1 Å². The minimum Gasteiger partial charge on any atom is -0.497 e. The Morgan fingerprint density at radius 1 is 1.41 bits per heavy atom. The third-order valence-electron chi connectivity index (χ3n) is 2.59. The van der Waals surface area contributed by atoms with Gasteiger partial charge in [-0.05, 0) is 19.1 Å². The number of nitrogens with one attached hydrogen (secondary N) is 1. The van der Waals surface area contributed by atoms with Gasteiger partial charge in [0, 0.05) is 18.8 Å². The highest BCUT2D eigenvalue weighted by atomic mass is 16.5. The molecule has 2 rings (SSSR count). The van der Waals surface area contributed by atoms with Gasteiger partial charge in [0.2, 0.25) is 0 Å². The van der Waals surface area contributed by atoms with Crippen LogP contribution in [-0.4, -0.2) is 24.1 Å². The molecule has 0 unspecified atom stereocenters. The van der Waals surface area contributed by atoms with Crippen LogP contribution in [0.15, 0.2) is 24.3 Å². The van der Waals surface area contributed by atoms with Crippen molar-refractivity contribution in [1.82, 2.24) is 9.97 Å². The molecular formula is C12H16N4O. The van der Waals surface area contributed by atoms with Gasteiger partial charge in [-0.25, -0.2) is 4.98 Å². The largest absolute Gasteiger partial charge is 0.497 e. The number of aromatic nitrogens is 2. The van der Waals surface area contributed by atoms with Crippen LogP contribution < -0.4 is 15.4 Å². The fraction of sp³-hybridized carbons (Fsp3) is 0.250. The number of methoxy groups -OCH3 is 1. The van der Waals surface area contributed by atoms with Crippen LogP contribution in [0.3, 0.4) is 0 Å². The second-order valence-corrected chi connectivity index (χ2v) is 3.82. The molecule has 0 bridgehead atoms. The number of anilines is 3. The van der Waals surface area contributed by atoms with Gasteiger partial charge in [0.25, 0.3) is 0 Å². The van der Waals surface area contributed by atoms with Crippen molar-refractivity contribution >= 4 is 17.3 Å². The predicted octanol–water partition coefficient (Wildman–Crippen LogP) is 2.08. The molecule has 90 valence electrons. The number of hydrogen-bond donors (Lipinski definition) is 2. The number of H-pyrrole nitrogens is 1. The zero-order chi connectivity index (χ0) is 12.4. The van der Waals surface area contributed by atoms with Crippen molar-refractivity contribution in [3.8, 4) is 5.75 Å². The lowest BCUT2D eigenvalue weighted by atomic mass is 10.3. The first-order valence-electron chi connectivity index (χ1n) is 5.31. The molecule has 0 aliphatic rings. The lowest BCUT2D eigenvalue weighted by Crippen LogP contribution is -2.11. The molecule has 1 aromatic heterocycles. The van der Waals surface area contributed by atoms with Crippen LogP contribution >= 0.6 is 0 Å². The molecule has 0 aliphatic carbocycles. The third kappa shape index (κ3) is 2.18. The molecular weight excluding hydrogens is 216 g/mol. The number of nitrogen functional groups attached to an aromatic ring is 1. The standard InChI is InChI=1S/C12H16N4O/c1-8-14-11(13)12(15-8)16(2)9-5-4-6-10(7-9)17-3/h4-7H,13H2,1-3H3,(H,14,15). The quantitative estimate of drug-likeness (QED) is 0.850. The van der Waals surface area contributed by atoms with Crippen molar-refractivity contribution < 1.29 is 4.74 Å². The van der Waals surface area contributed by atoms with Gasteiger partial charge < -0.3 is 20.4 Å². The molecule has 5 heteroatoms. The topological polar surface area (TPSA) is 67.2 Å². The van der Waals surface area contributed by atoms with Gasteiger partial charge in [-0.1, -0.05) is 6.07 Å². The molecule has 0 aliphatic heterocycles. The van der Waals surface area contributed by atoms with Crippen molar-refractivity contribution in [2.45, 2.75) is 6.92 Å². The van der Waals surface area contributed by atoms with Gasteiger partial charge in [0.15, 0.2) is 5.82 Å². The van der Waals surface area contributed by atoms with Crippen molar-refractivity contribution in [3.05, 3.63) is 30.1 Å². The van der Waals surface area contributed by atoms with Crippen molar-refractivity contribution in [2.75, 3.05) is 24.8 Å². The molecule has 0 atom stereocenters. The SMILES string of the molecule is COc1cccc(N(C)c2nc(C)[nH]c2N)c1. The summed E-state index contributed by atoms with van der Waals surface area (Å²) in [5.41, 5.74) is 6.83. The Morgan fingerprint density at radius 2 is 2.18 bits per heavy atom. The van der Waals surface area contributed by atoms with Gasteiger partial charge in [-0.15, -0.1) is 0 Å². The summed E-state index contributed by atoms with van der Waals surface area (Å²) in [6.45, 7) is 1.87. The number of benzene rings is 1. The number of aromatic amines is 1. The normalized spacial score (nSPS) is 10.3. The minimum atomic E-state index is 0.563. The van der Waals surface area contributed by atoms with E-state index in [1.54, 1.807) is 7.11 Å². The lowest BCUT2D eigenvalue weighted by Gasteiger charge is -2.17. The third-order valence-corrected chi connectivity index (χ3v) is 2.59. The van der Waals surface area contributed by atoms with Gasteiger partial charge in [-0.3, -0.25) is 0 Å². The number of nitrogens with two attached hydrogens (primary N) is 1. The van der Waals surface area contributed by atoms with Crippen LogP contribution in [0.25, 0.3) is 0 Å². The Morgan fingerprint density at radius 3 is 2.76 bits per heavy atom. The highest BCUT2D eigenvalue weighted by molar-refractivity contribution is 5.69. The van der Waals surface area contributed by atoms with E-state index in [4.69, 9.17) is 10.5 Å². The minimum absolute atomic E-state index is 0.563. The van der Waals surface area contributed by atoms with Crippen molar-refractivity contribution in [1.29, 1.82) is 0 Å². The van der Waals surface area contributed by atoms with Gasteiger partial charge in [0.1, 0.15) is 17.4 Å². The lowest BCUT2D eigenvalue weighted by molar-refractivity contribution is 0.415. The number of ether oxygens (including phenoxy) is 1. The monoisotopic (exact) mass is 232 g/mol. The average molecular weight is 232 g/mol. The summed E-state index contributed by atoms with van der Waals surface area (Å²) < 4.78 is 5.19. The summed E-state index contributed by atoms with van der Waals surface area (Å²) in [5.74, 6) is 2.89. The van der Waals surface area contributed by atoms with E-state index in [2.05, 4.69) is 9.97 Å². The van der Waals surface area contributed by atoms with Gasteiger partial charge in [-0.2, -0.15) is 0 Å². The zero-order valence-electron chi connectivity index (χ0n) is 10.2. The van der Waals surface area contributed by atoms with E-state index < -0.39 is 0 Å². The zero-order valence-corrected chi connectivity index (χ0v) is 10.2. The summed E-state index contributed by atoms with van der Waals surface area (Å²) >= 11 is 0. The Balaban J connectivity index is 2.36. The second kappa shape index (κ2) is 4.37. The van der Waals surface area contributed by atoms with Crippen molar-refractivity contribution in [2.24, 2.45) is 0 Å². The summed E-state index contributed by atoms with van der Waals surface area (Å²) in [4.78, 5) is 9.25. The Hall–Kier alpha value is -2.17. The molecule has 17 heavy (non-hydrogen) atoms. The van der Waals surface area contributed by atoms with Crippen LogP contribution in [0.5, 0.6) is 5.75 Å². The Bertz CT molecular complexity index is 521. The smallest absolute Gasteiger partial charge is 0.175 e. The van der Waals surface area contributed by atoms with E-state index in [0.29, 0.717) is 5.82 Å². The number of rotatable bonds is 3. The molecule has 0 amide bonds. The fourth-order valence-electron chi connectivity index (χ4n) is 1.69. The Labute approximate surface area is 100 Å². The summed E-state index contributed by atoms with van der Waals surface area (Å²) in [6.07, 6.45) is 0. The molecule has 1 aromatic carbocycles. The van der Waals surface area contributed by atoms with E-state index in [1.807, 2.05) is 43.1 Å². The van der Waals surface area contributed by atoms with Crippen LogP contribution in [0, 0.1) is 6.92 Å². The van der Waals surface area contributed by atoms with Crippen LogP contribution in [0.2, 0.25) is 0 Å². The molecule has 5 nitrogen and oxygen atoms in total. The van der Waals surface area contributed by atoms with Gasteiger partial charge >= 0.3 is 0 Å². The predicted molar refractivity (Wildman–Crippen MR) is 68.8 cm³/mol. The molecule has 0 radical (unpaired) electrons. The molecule has 1 heterocycles. The van der Waals surface area contributed by atoms with Gasteiger partial charge in [0.05, 0.1) is 7.11 Å². The van der Waals surface area contributed by atoms with E-state index in [-0.39, 0.29) is 0 Å². The second-order valence-electron chi connectivity index (χ2n) is 3.82. The first-order chi connectivity index (χ1) is 8.11. The Kier molecular flexibility index (Phi) is 2.91. The maximum Gasteiger partial charge on any atom is 0.175 e. The van der Waals surface area contributed by atoms with E-state index in [9.17, 15) is 0 Å². The molecule has 0 spiro atoms. The number of nitrogens with zero attached hydrogens (tertiary/aromatic N) is 2. The van der Waals surface area contributed by atoms with Crippen LogP contribution in [0.1, 0.15) is 5.82 Å². The fourth-order valence-corrected chi connectivity index (χ4v) is 1.69. The highest BCUT2D eigenvalue weighted by Gasteiger charge is 2.12. The van der Waals surface area contributed by atoms with Crippen LogP contribution in [-0.2, 0) is 0 Å². The maximum atomic E-state index is 5.86.